The van der Waals surface area contributed by atoms with Crippen LogP contribution in [0.3, 0.4) is 0 Å². The normalized spacial score (nSPS) is 18.7. The van der Waals surface area contributed by atoms with Gasteiger partial charge in [0.05, 0.1) is 11.0 Å². The first-order valence-electron chi connectivity index (χ1n) is 9.37. The number of aryl methyl sites for hydroxylation is 2. The Morgan fingerprint density at radius 3 is 2.37 bits per heavy atom. The molecule has 4 rings (SSSR count). The van der Waals surface area contributed by atoms with Gasteiger partial charge in [-0.05, 0) is 30.7 Å². The predicted octanol–water partition coefficient (Wildman–Crippen LogP) is 1.28. The Morgan fingerprint density at radius 1 is 1.00 bits per heavy atom. The Hall–Kier alpha value is -3.88. The van der Waals surface area contributed by atoms with Crippen molar-refractivity contribution in [3.8, 4) is 0 Å². The molecule has 2 heterocycles. The van der Waals surface area contributed by atoms with Crippen molar-refractivity contribution in [1.82, 2.24) is 19.4 Å². The van der Waals surface area contributed by atoms with Gasteiger partial charge in [-0.15, -0.1) is 0 Å². The van der Waals surface area contributed by atoms with E-state index < -0.39 is 29.9 Å². The molecule has 0 bridgehead atoms. The summed E-state index contributed by atoms with van der Waals surface area (Å²) in [7, 11) is 3.32. The summed E-state index contributed by atoms with van der Waals surface area (Å²) < 4.78 is 2.99. The Bertz CT molecular complexity index is 1240. The number of urea groups is 1. The first kappa shape index (κ1) is 19.4. The van der Waals surface area contributed by atoms with Crippen molar-refractivity contribution in [2.45, 2.75) is 12.5 Å². The highest BCUT2D eigenvalue weighted by molar-refractivity contribution is 6.10. The van der Waals surface area contributed by atoms with Gasteiger partial charge >= 0.3 is 11.7 Å². The summed E-state index contributed by atoms with van der Waals surface area (Å²) in [4.78, 5) is 50.8. The molecule has 1 unspecified atom stereocenters. The molecule has 0 saturated carbocycles. The predicted molar refractivity (Wildman–Crippen MR) is 111 cm³/mol. The minimum atomic E-state index is -1.22. The molecule has 154 valence electrons. The van der Waals surface area contributed by atoms with Crippen LogP contribution in [0, 0.1) is 0 Å². The first-order chi connectivity index (χ1) is 14.2. The second-order valence-corrected chi connectivity index (χ2v) is 7.46. The number of nitrogens with zero attached hydrogens (tertiary/aromatic N) is 3. The zero-order valence-corrected chi connectivity index (χ0v) is 16.8. The molecule has 0 spiro atoms. The van der Waals surface area contributed by atoms with Gasteiger partial charge in [0.2, 0.25) is 5.91 Å². The fourth-order valence-corrected chi connectivity index (χ4v) is 3.74. The molecular formula is C21H21N5O4. The number of benzene rings is 2. The number of rotatable bonds is 4. The molecule has 1 aliphatic heterocycles. The van der Waals surface area contributed by atoms with Gasteiger partial charge in [-0.25, -0.2) is 9.59 Å². The van der Waals surface area contributed by atoms with E-state index >= 15 is 0 Å². The van der Waals surface area contributed by atoms with Crippen molar-refractivity contribution in [1.29, 1.82) is 0 Å². The molecule has 1 atom stereocenters. The van der Waals surface area contributed by atoms with E-state index in [4.69, 9.17) is 0 Å². The van der Waals surface area contributed by atoms with Gasteiger partial charge in [-0.3, -0.25) is 23.6 Å². The maximum Gasteiger partial charge on any atom is 0.328 e. The molecule has 30 heavy (non-hydrogen) atoms. The van der Waals surface area contributed by atoms with Gasteiger partial charge in [0.1, 0.15) is 12.1 Å². The Kier molecular flexibility index (Phi) is 4.45. The fraction of sp³-hybridized carbons (Fsp3) is 0.238. The molecule has 2 N–H and O–H groups in total. The number of carbonyl (C=O) groups is 3. The van der Waals surface area contributed by atoms with E-state index in [9.17, 15) is 19.2 Å². The van der Waals surface area contributed by atoms with E-state index in [2.05, 4.69) is 10.6 Å². The molecule has 1 aliphatic rings. The number of nitrogens with one attached hydrogen (secondary N) is 2. The molecule has 1 saturated heterocycles. The zero-order chi connectivity index (χ0) is 21.6. The van der Waals surface area contributed by atoms with E-state index in [1.54, 1.807) is 63.5 Å². The van der Waals surface area contributed by atoms with Gasteiger partial charge < -0.3 is 10.6 Å². The SMILES string of the molecule is Cn1c(=O)n(C)c2cc(NC(=O)CN3C(=O)NC(C)(c4ccccc4)C3=O)ccc21. The third kappa shape index (κ3) is 2.95. The van der Waals surface area contributed by atoms with Crippen molar-refractivity contribution < 1.29 is 14.4 Å². The highest BCUT2D eigenvalue weighted by Crippen LogP contribution is 2.28. The summed E-state index contributed by atoms with van der Waals surface area (Å²) in [5, 5.41) is 5.36. The number of aromatic nitrogens is 2. The van der Waals surface area contributed by atoms with Crippen molar-refractivity contribution in [2.24, 2.45) is 14.1 Å². The number of hydrogen-bond acceptors (Lipinski definition) is 4. The van der Waals surface area contributed by atoms with Crippen LogP contribution >= 0.6 is 0 Å². The van der Waals surface area contributed by atoms with E-state index in [0.717, 1.165) is 10.4 Å². The van der Waals surface area contributed by atoms with Gasteiger partial charge in [0.25, 0.3) is 5.91 Å². The highest BCUT2D eigenvalue weighted by Gasteiger charge is 2.49. The standard InChI is InChI=1S/C21H21N5O4/c1-21(13-7-5-4-6-8-13)18(28)26(19(29)23-21)12-17(27)22-14-9-10-15-16(11-14)25(3)20(30)24(15)2/h4-11H,12H2,1-3H3,(H,22,27)(H,23,29). The second kappa shape index (κ2) is 6.87. The summed E-state index contributed by atoms with van der Waals surface area (Å²) in [6.45, 7) is 1.20. The van der Waals surface area contributed by atoms with Crippen molar-refractivity contribution >= 4 is 34.6 Å². The number of carbonyl (C=O) groups excluding carboxylic acids is 3. The fourth-order valence-electron chi connectivity index (χ4n) is 3.74. The molecule has 1 aromatic heterocycles. The summed E-state index contributed by atoms with van der Waals surface area (Å²) in [5.74, 6) is -1.01. The molecule has 0 aliphatic carbocycles. The van der Waals surface area contributed by atoms with Crippen LogP contribution in [-0.2, 0) is 29.2 Å². The molecule has 9 nitrogen and oxygen atoms in total. The van der Waals surface area contributed by atoms with Crippen LogP contribution < -0.4 is 16.3 Å². The molecule has 3 aromatic rings. The molecule has 4 amide bonds. The maximum absolute atomic E-state index is 12.9. The monoisotopic (exact) mass is 407 g/mol. The summed E-state index contributed by atoms with van der Waals surface area (Å²) >= 11 is 0. The lowest BCUT2D eigenvalue weighted by atomic mass is 9.92. The molecule has 1 fully saturated rings. The molecular weight excluding hydrogens is 386 g/mol. The van der Waals surface area contributed by atoms with E-state index in [1.165, 1.54) is 9.13 Å². The van der Waals surface area contributed by atoms with Crippen LogP contribution in [0.1, 0.15) is 12.5 Å². The number of anilines is 1. The number of imidazole rings is 1. The highest BCUT2D eigenvalue weighted by atomic mass is 16.2. The summed E-state index contributed by atoms with van der Waals surface area (Å²) in [6, 6.07) is 13.3. The van der Waals surface area contributed by atoms with Crippen molar-refractivity contribution in [3.05, 3.63) is 64.6 Å². The average molecular weight is 407 g/mol. The lowest BCUT2D eigenvalue weighted by Gasteiger charge is -2.22. The minimum absolute atomic E-state index is 0.173. The number of hydrogen-bond donors (Lipinski definition) is 2. The van der Waals surface area contributed by atoms with Crippen molar-refractivity contribution in [3.63, 3.8) is 0 Å². The van der Waals surface area contributed by atoms with Gasteiger partial charge in [-0.2, -0.15) is 0 Å². The van der Waals surface area contributed by atoms with E-state index in [-0.39, 0.29) is 5.69 Å². The summed E-state index contributed by atoms with van der Waals surface area (Å²) in [5.41, 5.74) is 1.10. The largest absolute Gasteiger partial charge is 0.328 e. The van der Waals surface area contributed by atoms with Crippen LogP contribution in [-0.4, -0.2) is 38.4 Å². The van der Waals surface area contributed by atoms with Gasteiger partial charge in [0, 0.05) is 19.8 Å². The van der Waals surface area contributed by atoms with E-state index in [0.29, 0.717) is 16.8 Å². The van der Waals surface area contributed by atoms with Crippen molar-refractivity contribution in [2.75, 3.05) is 11.9 Å². The maximum atomic E-state index is 12.9. The Balaban J connectivity index is 1.52. The van der Waals surface area contributed by atoms with Crippen LogP contribution in [0.4, 0.5) is 10.5 Å². The Labute approximate surface area is 171 Å². The minimum Gasteiger partial charge on any atom is -0.324 e. The van der Waals surface area contributed by atoms with E-state index in [1.807, 2.05) is 6.07 Å². The third-order valence-corrected chi connectivity index (χ3v) is 5.48. The Morgan fingerprint density at radius 2 is 1.67 bits per heavy atom. The molecule has 0 radical (unpaired) electrons. The van der Waals surface area contributed by atoms with Crippen LogP contribution in [0.2, 0.25) is 0 Å². The first-order valence-corrected chi connectivity index (χ1v) is 9.37. The number of amides is 4. The summed E-state index contributed by atoms with van der Waals surface area (Å²) in [6.07, 6.45) is 0. The van der Waals surface area contributed by atoms with Gasteiger partial charge in [0.15, 0.2) is 0 Å². The smallest absolute Gasteiger partial charge is 0.324 e. The molecule has 9 heteroatoms. The lowest BCUT2D eigenvalue weighted by molar-refractivity contribution is -0.133. The molecule has 2 aromatic carbocycles. The zero-order valence-electron chi connectivity index (χ0n) is 16.8. The number of imide groups is 1. The quantitative estimate of drug-likeness (QED) is 0.636. The second-order valence-electron chi connectivity index (χ2n) is 7.46. The third-order valence-electron chi connectivity index (χ3n) is 5.48. The van der Waals surface area contributed by atoms with Crippen LogP contribution in [0.15, 0.2) is 53.3 Å². The average Bonchev–Trinajstić information content (AvgIpc) is 3.08. The topological polar surface area (TPSA) is 105 Å². The van der Waals surface area contributed by atoms with Crippen LogP contribution in [0.25, 0.3) is 11.0 Å². The van der Waals surface area contributed by atoms with Gasteiger partial charge in [-0.1, -0.05) is 30.3 Å². The lowest BCUT2D eigenvalue weighted by Crippen LogP contribution is -2.42. The number of fused-ring (bicyclic) bond motifs is 1. The van der Waals surface area contributed by atoms with Crippen LogP contribution in [0.5, 0.6) is 0 Å².